The zero-order valence-corrected chi connectivity index (χ0v) is 26.8. The van der Waals surface area contributed by atoms with Crippen LogP contribution in [-0.2, 0) is 9.59 Å². The Balaban J connectivity index is 1.03. The summed E-state index contributed by atoms with van der Waals surface area (Å²) < 4.78 is 0. The van der Waals surface area contributed by atoms with Crippen LogP contribution in [0.15, 0.2) is 79.1 Å². The lowest BCUT2D eigenvalue weighted by Gasteiger charge is -2.27. The van der Waals surface area contributed by atoms with E-state index in [0.717, 1.165) is 4.90 Å². The summed E-state index contributed by atoms with van der Waals surface area (Å²) in [6.07, 6.45) is 3.07. The average Bonchev–Trinajstić information content (AvgIpc) is 3.35. The number of hydrogen-bond donors (Lipinski definition) is 5. The monoisotopic (exact) mass is 690 g/mol. The molecule has 0 spiro atoms. The van der Waals surface area contributed by atoms with Gasteiger partial charge in [0.25, 0.3) is 17.7 Å². The Morgan fingerprint density at radius 1 is 0.880 bits per heavy atom. The van der Waals surface area contributed by atoms with Crippen molar-refractivity contribution in [2.75, 3.05) is 29.0 Å². The van der Waals surface area contributed by atoms with Crippen molar-refractivity contribution in [1.29, 1.82) is 0 Å². The van der Waals surface area contributed by atoms with Gasteiger partial charge in [-0.15, -0.1) is 0 Å². The minimum absolute atomic E-state index is 0.0274. The fourth-order valence-corrected chi connectivity index (χ4v) is 5.54. The quantitative estimate of drug-likeness (QED) is 0.0798. The number of nitrogens with zero attached hydrogens (tertiary/aromatic N) is 3. The van der Waals surface area contributed by atoms with Crippen LogP contribution in [0, 0.1) is 11.8 Å². The molecule has 2 aromatic carbocycles. The fraction of sp³-hybridized carbons (Fsp3) is 0.143. The third-order valence-corrected chi connectivity index (χ3v) is 7.86. The predicted molar refractivity (Wildman–Crippen MR) is 182 cm³/mol. The molecular formula is C35H27ClN8O6. The van der Waals surface area contributed by atoms with Crippen LogP contribution in [0.1, 0.15) is 55.2 Å². The molecule has 2 aliphatic heterocycles. The molecule has 6 rings (SSSR count). The van der Waals surface area contributed by atoms with E-state index in [2.05, 4.69) is 48.4 Å². The van der Waals surface area contributed by atoms with Crippen molar-refractivity contribution in [3.63, 3.8) is 0 Å². The molecule has 4 heterocycles. The predicted octanol–water partition coefficient (Wildman–Crippen LogP) is 3.42. The molecule has 250 valence electrons. The molecule has 1 fully saturated rings. The van der Waals surface area contributed by atoms with Crippen molar-refractivity contribution in [2.45, 2.75) is 18.9 Å². The van der Waals surface area contributed by atoms with E-state index in [4.69, 9.17) is 11.6 Å². The number of piperidine rings is 1. The molecule has 15 heteroatoms. The average molecular weight is 691 g/mol. The summed E-state index contributed by atoms with van der Waals surface area (Å²) in [6.45, 7) is 0.412. The Labute approximate surface area is 290 Å². The van der Waals surface area contributed by atoms with Gasteiger partial charge in [0.2, 0.25) is 11.8 Å². The second-order valence-electron chi connectivity index (χ2n) is 11.1. The molecule has 5 N–H and O–H groups in total. The summed E-state index contributed by atoms with van der Waals surface area (Å²) in [7, 11) is 0. The highest BCUT2D eigenvalue weighted by atomic mass is 35.5. The smallest absolute Gasteiger partial charge is 0.323 e. The van der Waals surface area contributed by atoms with Gasteiger partial charge in [-0.05, 0) is 66.9 Å². The molecule has 0 bridgehead atoms. The van der Waals surface area contributed by atoms with Crippen molar-refractivity contribution >= 4 is 64.2 Å². The molecule has 4 aromatic rings. The van der Waals surface area contributed by atoms with E-state index in [1.54, 1.807) is 54.6 Å². The Morgan fingerprint density at radius 3 is 2.42 bits per heavy atom. The number of aromatic nitrogens is 2. The van der Waals surface area contributed by atoms with Gasteiger partial charge in [0.1, 0.15) is 16.9 Å². The van der Waals surface area contributed by atoms with Crippen LogP contribution < -0.4 is 26.6 Å². The summed E-state index contributed by atoms with van der Waals surface area (Å²) in [4.78, 5) is 84.5. The Hall–Kier alpha value is -6.59. The topological polar surface area (TPSA) is 192 Å². The summed E-state index contributed by atoms with van der Waals surface area (Å²) >= 11 is 5.86. The first-order valence-electron chi connectivity index (χ1n) is 15.3. The number of carbonyl (C=O) groups excluding carboxylic acids is 6. The van der Waals surface area contributed by atoms with Crippen LogP contribution in [0.4, 0.5) is 21.9 Å². The van der Waals surface area contributed by atoms with Gasteiger partial charge in [0.05, 0.1) is 11.1 Å². The van der Waals surface area contributed by atoms with Crippen molar-refractivity contribution < 1.29 is 28.8 Å². The standard InChI is InChI=1S/C35H27ClN8O6/c36-28-19-24(12-14-39-28)42-35(50)41-23-11-13-37-22(18-23)8-7-20-3-1-4-21(17-20)31(46)40-16-15-38-26-6-2-5-25-30(26)34(49)44(33(25)48)27-9-10-29(45)43-32(27)47/h1-6,11-14,17-19,27,38H,9-10,15-16H2,(H,40,46)(H,43,45,47)(H2,37,39,41,42,50). The lowest BCUT2D eigenvalue weighted by atomic mass is 10.0. The summed E-state index contributed by atoms with van der Waals surface area (Å²) in [6, 6.07) is 16.3. The number of carbonyl (C=O) groups is 6. The van der Waals surface area contributed by atoms with Gasteiger partial charge >= 0.3 is 6.03 Å². The van der Waals surface area contributed by atoms with E-state index < -0.39 is 35.7 Å². The van der Waals surface area contributed by atoms with Gasteiger partial charge < -0.3 is 21.3 Å². The first-order valence-corrected chi connectivity index (χ1v) is 15.7. The number of benzene rings is 2. The maximum Gasteiger partial charge on any atom is 0.323 e. The molecule has 50 heavy (non-hydrogen) atoms. The molecule has 1 unspecified atom stereocenters. The number of rotatable bonds is 8. The minimum atomic E-state index is -1.07. The van der Waals surface area contributed by atoms with Crippen molar-refractivity contribution in [3.8, 4) is 11.8 Å². The number of amides is 7. The largest absolute Gasteiger partial charge is 0.383 e. The highest BCUT2D eigenvalue weighted by Crippen LogP contribution is 2.32. The SMILES string of the molecule is O=C1CCC(N2C(=O)c3cccc(NCCNC(=O)c4cccc(C#Cc5cc(NC(=O)Nc6ccnc(Cl)c6)ccn5)c4)c3C2=O)C(=O)N1. The van der Waals surface area contributed by atoms with Gasteiger partial charge in [-0.25, -0.2) is 14.8 Å². The summed E-state index contributed by atoms with van der Waals surface area (Å²) in [5.74, 6) is 3.20. The van der Waals surface area contributed by atoms with Gasteiger partial charge in [-0.3, -0.25) is 34.2 Å². The molecule has 0 radical (unpaired) electrons. The number of hydrogen-bond acceptors (Lipinski definition) is 9. The maximum absolute atomic E-state index is 13.3. The number of anilines is 3. The normalized spacial score (nSPS) is 15.0. The molecule has 2 aromatic heterocycles. The zero-order chi connectivity index (χ0) is 35.2. The molecule has 0 saturated carbocycles. The number of halogens is 1. The van der Waals surface area contributed by atoms with Crippen LogP contribution in [0.2, 0.25) is 5.15 Å². The summed E-state index contributed by atoms with van der Waals surface area (Å²) in [5, 5.41) is 13.7. The zero-order valence-electron chi connectivity index (χ0n) is 26.1. The summed E-state index contributed by atoms with van der Waals surface area (Å²) in [5.41, 5.74) is 2.94. The van der Waals surface area contributed by atoms with Gasteiger partial charge in [-0.2, -0.15) is 0 Å². The van der Waals surface area contributed by atoms with Crippen molar-refractivity contribution in [2.24, 2.45) is 0 Å². The second kappa shape index (κ2) is 14.7. The van der Waals surface area contributed by atoms with Crippen LogP contribution in [0.3, 0.4) is 0 Å². The minimum Gasteiger partial charge on any atom is -0.383 e. The fourth-order valence-electron chi connectivity index (χ4n) is 5.36. The van der Waals surface area contributed by atoms with E-state index in [-0.39, 0.29) is 48.1 Å². The molecule has 1 saturated heterocycles. The maximum atomic E-state index is 13.3. The third kappa shape index (κ3) is 7.59. The Kier molecular flexibility index (Phi) is 9.77. The van der Waals surface area contributed by atoms with Crippen LogP contribution in [0.5, 0.6) is 0 Å². The van der Waals surface area contributed by atoms with Crippen LogP contribution in [0.25, 0.3) is 0 Å². The Bertz CT molecular complexity index is 2130. The molecule has 2 aliphatic rings. The number of nitrogens with one attached hydrogen (secondary N) is 5. The molecular weight excluding hydrogens is 664 g/mol. The lowest BCUT2D eigenvalue weighted by molar-refractivity contribution is -0.136. The van der Waals surface area contributed by atoms with E-state index in [9.17, 15) is 28.8 Å². The van der Waals surface area contributed by atoms with Gasteiger partial charge in [0.15, 0.2) is 0 Å². The number of pyridine rings is 2. The van der Waals surface area contributed by atoms with Crippen molar-refractivity contribution in [3.05, 3.63) is 112 Å². The molecule has 14 nitrogen and oxygen atoms in total. The highest BCUT2D eigenvalue weighted by Gasteiger charge is 2.45. The van der Waals surface area contributed by atoms with Crippen LogP contribution >= 0.6 is 11.6 Å². The second-order valence-corrected chi connectivity index (χ2v) is 11.5. The first kappa shape index (κ1) is 33.3. The number of fused-ring (bicyclic) bond motifs is 1. The third-order valence-electron chi connectivity index (χ3n) is 7.66. The van der Waals surface area contributed by atoms with E-state index in [1.807, 2.05) is 0 Å². The van der Waals surface area contributed by atoms with E-state index >= 15 is 0 Å². The first-order chi connectivity index (χ1) is 24.2. The molecule has 1 atom stereocenters. The van der Waals surface area contributed by atoms with Crippen LogP contribution in [-0.4, -0.2) is 69.6 Å². The van der Waals surface area contributed by atoms with Gasteiger partial charge in [-0.1, -0.05) is 29.7 Å². The molecule has 7 amide bonds. The van der Waals surface area contributed by atoms with E-state index in [0.29, 0.717) is 33.9 Å². The van der Waals surface area contributed by atoms with E-state index in [1.165, 1.54) is 24.5 Å². The molecule has 0 aliphatic carbocycles. The number of imide groups is 2. The Morgan fingerprint density at radius 2 is 1.64 bits per heavy atom. The lowest BCUT2D eigenvalue weighted by Crippen LogP contribution is -2.54. The van der Waals surface area contributed by atoms with Gasteiger partial charge in [0, 0.05) is 60.1 Å². The number of urea groups is 1. The highest BCUT2D eigenvalue weighted by molar-refractivity contribution is 6.29. The van der Waals surface area contributed by atoms with Crippen molar-refractivity contribution in [1.82, 2.24) is 25.5 Å².